The van der Waals surface area contributed by atoms with Crippen molar-refractivity contribution in [2.24, 2.45) is 5.92 Å². The molecule has 1 N–H and O–H groups in total. The molecule has 1 aliphatic heterocycles. The van der Waals surface area contributed by atoms with Gasteiger partial charge in [0.2, 0.25) is 5.95 Å². The Balaban J connectivity index is 1.85. The average Bonchev–Trinajstić information content (AvgIpc) is 3.08. The van der Waals surface area contributed by atoms with Gasteiger partial charge < -0.3 is 15.0 Å². The van der Waals surface area contributed by atoms with E-state index in [1.807, 2.05) is 18.7 Å². The largest absolute Gasteiger partial charge is 0.349 e. The molecule has 0 aliphatic carbocycles. The van der Waals surface area contributed by atoms with Crippen molar-refractivity contribution in [3.8, 4) is 0 Å². The van der Waals surface area contributed by atoms with Crippen molar-refractivity contribution < 1.29 is 18.3 Å². The van der Waals surface area contributed by atoms with E-state index in [-0.39, 0.29) is 23.5 Å². The van der Waals surface area contributed by atoms with Crippen LogP contribution in [0, 0.1) is 17.6 Å². The molecule has 6 nitrogen and oxygen atoms in total. The predicted molar refractivity (Wildman–Crippen MR) is 97.3 cm³/mol. The number of benzene rings is 1. The van der Waals surface area contributed by atoms with E-state index in [0.717, 1.165) is 12.4 Å². The minimum absolute atomic E-state index is 0.000960. The van der Waals surface area contributed by atoms with Crippen LogP contribution in [-0.2, 0) is 9.53 Å². The molecule has 2 aromatic rings. The molecule has 0 amide bonds. The van der Waals surface area contributed by atoms with Gasteiger partial charge in [-0.15, -0.1) is 0 Å². The summed E-state index contributed by atoms with van der Waals surface area (Å²) in [6.07, 6.45) is 1.58. The van der Waals surface area contributed by atoms with E-state index >= 15 is 0 Å². The molecule has 1 aromatic heterocycles. The van der Waals surface area contributed by atoms with Gasteiger partial charge in [-0.25, -0.2) is 13.8 Å². The highest BCUT2D eigenvalue weighted by molar-refractivity contribution is 5.64. The molecule has 0 bridgehead atoms. The molecule has 8 heteroatoms. The number of anilines is 2. The Labute approximate surface area is 156 Å². The Bertz CT molecular complexity index is 818. The van der Waals surface area contributed by atoms with Crippen molar-refractivity contribution in [1.29, 1.82) is 0 Å². The number of nitrogens with one attached hydrogen (secondary N) is 1. The van der Waals surface area contributed by atoms with Crippen LogP contribution in [0.3, 0.4) is 0 Å². The topological polar surface area (TPSA) is 67.3 Å². The number of carbonyl (C=O) groups excluding carboxylic acids is 1. The van der Waals surface area contributed by atoms with Crippen molar-refractivity contribution in [2.45, 2.75) is 39.1 Å². The minimum Gasteiger partial charge on any atom is -0.349 e. The van der Waals surface area contributed by atoms with Crippen molar-refractivity contribution in [1.82, 2.24) is 9.97 Å². The van der Waals surface area contributed by atoms with Crippen LogP contribution in [0.5, 0.6) is 0 Å². The third-order valence-electron chi connectivity index (χ3n) is 4.65. The van der Waals surface area contributed by atoms with Gasteiger partial charge in [0.05, 0.1) is 18.7 Å². The van der Waals surface area contributed by atoms with Crippen LogP contribution in [0.25, 0.3) is 0 Å². The van der Waals surface area contributed by atoms with Gasteiger partial charge in [-0.1, -0.05) is 26.0 Å². The standard InChI is InChI=1S/C19H22F2N4O2/c1-11(2)15-10-27-17(9-26)25(15)16-7-8-22-19(24-16)23-12(3)13-5-4-6-14(20)18(13)21/h4-9,11-12,15,17H,10H2,1-3H3,(H,22,23,24)/t12-,15+,17?/m0/s1. The fraction of sp³-hybridized carbons (Fsp3) is 0.421. The summed E-state index contributed by atoms with van der Waals surface area (Å²) in [4.78, 5) is 21.8. The summed E-state index contributed by atoms with van der Waals surface area (Å²) in [6, 6.07) is 5.17. The average molecular weight is 376 g/mol. The summed E-state index contributed by atoms with van der Waals surface area (Å²) >= 11 is 0. The van der Waals surface area contributed by atoms with Gasteiger partial charge in [-0.05, 0) is 25.0 Å². The summed E-state index contributed by atoms with van der Waals surface area (Å²) in [5, 5.41) is 2.98. The summed E-state index contributed by atoms with van der Waals surface area (Å²) < 4.78 is 33.0. The number of hydrogen-bond acceptors (Lipinski definition) is 6. The number of ether oxygens (including phenoxy) is 1. The monoisotopic (exact) mass is 376 g/mol. The molecule has 1 aromatic carbocycles. The van der Waals surface area contributed by atoms with Gasteiger partial charge in [-0.3, -0.25) is 4.79 Å². The second-order valence-electron chi connectivity index (χ2n) is 6.83. The summed E-state index contributed by atoms with van der Waals surface area (Å²) in [6.45, 7) is 6.21. The van der Waals surface area contributed by atoms with Crippen LogP contribution in [-0.4, -0.2) is 35.1 Å². The first-order valence-electron chi connectivity index (χ1n) is 8.81. The second kappa shape index (κ2) is 7.96. The highest BCUT2D eigenvalue weighted by Gasteiger charge is 2.37. The van der Waals surface area contributed by atoms with Crippen LogP contribution in [0.15, 0.2) is 30.5 Å². The van der Waals surface area contributed by atoms with Crippen molar-refractivity contribution in [2.75, 3.05) is 16.8 Å². The first-order chi connectivity index (χ1) is 12.9. The van der Waals surface area contributed by atoms with Gasteiger partial charge >= 0.3 is 0 Å². The smallest absolute Gasteiger partial charge is 0.225 e. The fourth-order valence-electron chi connectivity index (χ4n) is 3.15. The summed E-state index contributed by atoms with van der Waals surface area (Å²) in [5.41, 5.74) is 0.180. The highest BCUT2D eigenvalue weighted by Crippen LogP contribution is 2.29. The maximum absolute atomic E-state index is 14.0. The Morgan fingerprint density at radius 2 is 2.07 bits per heavy atom. The van der Waals surface area contributed by atoms with Gasteiger partial charge in [0.15, 0.2) is 24.1 Å². The Hall–Kier alpha value is -2.61. The lowest BCUT2D eigenvalue weighted by Gasteiger charge is -2.29. The van der Waals surface area contributed by atoms with Gasteiger partial charge in [0.1, 0.15) is 5.82 Å². The van der Waals surface area contributed by atoms with Crippen LogP contribution in [0.2, 0.25) is 0 Å². The molecule has 27 heavy (non-hydrogen) atoms. The zero-order valence-corrected chi connectivity index (χ0v) is 15.4. The maximum Gasteiger partial charge on any atom is 0.225 e. The molecule has 2 heterocycles. The number of carbonyl (C=O) groups is 1. The minimum atomic E-state index is -0.904. The number of nitrogens with zero attached hydrogens (tertiary/aromatic N) is 3. The van der Waals surface area contributed by atoms with Crippen molar-refractivity contribution >= 4 is 18.1 Å². The van der Waals surface area contributed by atoms with Crippen molar-refractivity contribution in [3.63, 3.8) is 0 Å². The third kappa shape index (κ3) is 3.90. The lowest BCUT2D eigenvalue weighted by molar-refractivity contribution is -0.115. The number of hydrogen-bond donors (Lipinski definition) is 1. The van der Waals surface area contributed by atoms with E-state index in [0.29, 0.717) is 12.4 Å². The number of aromatic nitrogens is 2. The van der Waals surface area contributed by atoms with E-state index < -0.39 is 23.9 Å². The molecule has 1 saturated heterocycles. The zero-order valence-electron chi connectivity index (χ0n) is 15.4. The Morgan fingerprint density at radius 1 is 1.30 bits per heavy atom. The molecular formula is C19H22F2N4O2. The van der Waals surface area contributed by atoms with Crippen molar-refractivity contribution in [3.05, 3.63) is 47.7 Å². The number of aldehydes is 1. The van der Waals surface area contributed by atoms with E-state index in [9.17, 15) is 13.6 Å². The molecule has 1 unspecified atom stereocenters. The lowest BCUT2D eigenvalue weighted by Crippen LogP contribution is -2.41. The van der Waals surface area contributed by atoms with E-state index in [1.165, 1.54) is 12.1 Å². The summed E-state index contributed by atoms with van der Waals surface area (Å²) in [5.74, 6) is -0.766. The Kier molecular flexibility index (Phi) is 5.65. The second-order valence-corrected chi connectivity index (χ2v) is 6.83. The molecular weight excluding hydrogens is 354 g/mol. The van der Waals surface area contributed by atoms with E-state index in [1.54, 1.807) is 19.2 Å². The van der Waals surface area contributed by atoms with Crippen LogP contribution in [0.1, 0.15) is 32.4 Å². The first kappa shape index (κ1) is 19.2. The van der Waals surface area contributed by atoms with Gasteiger partial charge in [0, 0.05) is 11.8 Å². The zero-order chi connectivity index (χ0) is 19.6. The SMILES string of the molecule is CC(C)[C@H]1COC(C=O)N1c1ccnc(N[C@@H](C)c2cccc(F)c2F)n1. The molecule has 0 spiro atoms. The molecule has 144 valence electrons. The lowest BCUT2D eigenvalue weighted by atomic mass is 10.0. The normalized spacial score (nSPS) is 20.7. The van der Waals surface area contributed by atoms with E-state index in [2.05, 4.69) is 15.3 Å². The predicted octanol–water partition coefficient (Wildman–Crippen LogP) is 3.31. The van der Waals surface area contributed by atoms with Gasteiger partial charge in [0.25, 0.3) is 0 Å². The van der Waals surface area contributed by atoms with E-state index in [4.69, 9.17) is 4.74 Å². The van der Waals surface area contributed by atoms with Crippen LogP contribution in [0.4, 0.5) is 20.5 Å². The third-order valence-corrected chi connectivity index (χ3v) is 4.65. The fourth-order valence-corrected chi connectivity index (χ4v) is 3.15. The molecule has 0 saturated carbocycles. The molecule has 1 aliphatic rings. The number of rotatable bonds is 6. The first-order valence-corrected chi connectivity index (χ1v) is 8.81. The summed E-state index contributed by atoms with van der Waals surface area (Å²) in [7, 11) is 0. The number of halogens is 2. The molecule has 3 atom stereocenters. The van der Waals surface area contributed by atoms with Crippen LogP contribution >= 0.6 is 0 Å². The molecule has 1 fully saturated rings. The Morgan fingerprint density at radius 3 is 2.78 bits per heavy atom. The molecule has 0 radical (unpaired) electrons. The van der Waals surface area contributed by atoms with Gasteiger partial charge in [-0.2, -0.15) is 4.98 Å². The molecule has 3 rings (SSSR count). The van der Waals surface area contributed by atoms with Crippen LogP contribution < -0.4 is 10.2 Å². The quantitative estimate of drug-likeness (QED) is 0.780. The maximum atomic E-state index is 14.0. The highest BCUT2D eigenvalue weighted by atomic mass is 19.2.